The van der Waals surface area contributed by atoms with Crippen molar-refractivity contribution in [3.63, 3.8) is 0 Å². The van der Waals surface area contributed by atoms with E-state index < -0.39 is 0 Å². The molecule has 0 bridgehead atoms. The minimum absolute atomic E-state index is 0.153. The van der Waals surface area contributed by atoms with Crippen LogP contribution < -0.4 is 4.90 Å². The monoisotopic (exact) mass is 277 g/mol. The Labute approximate surface area is 125 Å². The Morgan fingerprint density at radius 2 is 1.33 bits per heavy atom. The number of allylic oxidation sites excluding steroid dienone is 3. The van der Waals surface area contributed by atoms with E-state index in [2.05, 4.69) is 59.5 Å². The van der Waals surface area contributed by atoms with Crippen LogP contribution in [0.1, 0.15) is 12.8 Å². The van der Waals surface area contributed by atoms with Gasteiger partial charge < -0.3 is 10.0 Å². The van der Waals surface area contributed by atoms with Crippen LogP contribution in [-0.2, 0) is 0 Å². The minimum Gasteiger partial charge on any atom is -0.392 e. The van der Waals surface area contributed by atoms with Gasteiger partial charge in [0.15, 0.2) is 0 Å². The third kappa shape index (κ3) is 3.06. The Bertz CT molecular complexity index is 604. The quantitative estimate of drug-likeness (QED) is 0.894. The van der Waals surface area contributed by atoms with E-state index in [0.717, 1.165) is 29.8 Å². The van der Waals surface area contributed by atoms with Crippen LogP contribution in [0.25, 0.3) is 0 Å². The van der Waals surface area contributed by atoms with E-state index in [1.165, 1.54) is 5.70 Å². The summed E-state index contributed by atoms with van der Waals surface area (Å²) in [6.07, 6.45) is 6.02. The zero-order valence-corrected chi connectivity index (χ0v) is 11.9. The van der Waals surface area contributed by atoms with Gasteiger partial charge in [-0.3, -0.25) is 0 Å². The molecule has 1 aliphatic carbocycles. The predicted molar refractivity (Wildman–Crippen MR) is 87.5 cm³/mol. The molecule has 0 spiro atoms. The number of anilines is 2. The van der Waals surface area contributed by atoms with Crippen LogP contribution in [0.15, 0.2) is 84.1 Å². The van der Waals surface area contributed by atoms with E-state index in [-0.39, 0.29) is 6.61 Å². The number of hydrogen-bond donors (Lipinski definition) is 1. The summed E-state index contributed by atoms with van der Waals surface area (Å²) >= 11 is 0. The number of rotatable bonds is 4. The molecule has 0 atom stereocenters. The Morgan fingerprint density at radius 1 is 0.762 bits per heavy atom. The van der Waals surface area contributed by atoms with Crippen molar-refractivity contribution in [1.82, 2.24) is 0 Å². The van der Waals surface area contributed by atoms with Gasteiger partial charge in [-0.05, 0) is 48.8 Å². The van der Waals surface area contributed by atoms with E-state index in [1.807, 2.05) is 18.2 Å². The highest BCUT2D eigenvalue weighted by molar-refractivity contribution is 5.68. The molecular weight excluding hydrogens is 258 g/mol. The number of hydrogen-bond acceptors (Lipinski definition) is 2. The standard InChI is InChI=1S/C19H19NO/c21-15-16-11-13-19(14-12-16)20(17-7-3-1-4-8-17)18-9-5-2-6-10-18/h1-11,13,21H,12,14-15H2. The molecule has 2 aromatic rings. The van der Waals surface area contributed by atoms with Crippen molar-refractivity contribution < 1.29 is 5.11 Å². The van der Waals surface area contributed by atoms with Crippen molar-refractivity contribution >= 4 is 11.4 Å². The van der Waals surface area contributed by atoms with Gasteiger partial charge in [-0.15, -0.1) is 0 Å². The number of aliphatic hydroxyl groups excluding tert-OH is 1. The molecule has 21 heavy (non-hydrogen) atoms. The van der Waals surface area contributed by atoms with Gasteiger partial charge in [0.1, 0.15) is 0 Å². The van der Waals surface area contributed by atoms with Gasteiger partial charge in [0.25, 0.3) is 0 Å². The zero-order valence-electron chi connectivity index (χ0n) is 11.9. The van der Waals surface area contributed by atoms with Crippen LogP contribution in [0.5, 0.6) is 0 Å². The third-order valence-corrected chi connectivity index (χ3v) is 3.73. The lowest BCUT2D eigenvalue weighted by molar-refractivity contribution is 0.326. The minimum atomic E-state index is 0.153. The molecule has 2 nitrogen and oxygen atoms in total. The molecule has 3 rings (SSSR count). The second-order valence-electron chi connectivity index (χ2n) is 5.15. The van der Waals surface area contributed by atoms with Crippen LogP contribution in [0, 0.1) is 0 Å². The predicted octanol–water partition coefficient (Wildman–Crippen LogP) is 4.42. The SMILES string of the molecule is OCC1=CC=C(N(c2ccccc2)c2ccccc2)CC1. The summed E-state index contributed by atoms with van der Waals surface area (Å²) in [5.74, 6) is 0. The fourth-order valence-electron chi connectivity index (χ4n) is 2.62. The van der Waals surface area contributed by atoms with Crippen molar-refractivity contribution in [3.05, 3.63) is 84.1 Å². The Balaban J connectivity index is 2.02. The van der Waals surface area contributed by atoms with Crippen LogP contribution >= 0.6 is 0 Å². The summed E-state index contributed by atoms with van der Waals surface area (Å²) < 4.78 is 0. The lowest BCUT2D eigenvalue weighted by Crippen LogP contribution is -2.18. The fourth-order valence-corrected chi connectivity index (χ4v) is 2.62. The molecule has 0 aliphatic heterocycles. The van der Waals surface area contributed by atoms with Gasteiger partial charge in [0.2, 0.25) is 0 Å². The topological polar surface area (TPSA) is 23.5 Å². The van der Waals surface area contributed by atoms with Crippen LogP contribution in [0.4, 0.5) is 11.4 Å². The Hall–Kier alpha value is -2.32. The highest BCUT2D eigenvalue weighted by Gasteiger charge is 2.16. The molecule has 2 heteroatoms. The van der Waals surface area contributed by atoms with Gasteiger partial charge in [0.05, 0.1) is 6.61 Å². The van der Waals surface area contributed by atoms with E-state index in [9.17, 15) is 5.11 Å². The molecule has 0 radical (unpaired) electrons. The molecule has 0 fully saturated rings. The van der Waals surface area contributed by atoms with Gasteiger partial charge in [-0.25, -0.2) is 0 Å². The van der Waals surface area contributed by atoms with Gasteiger partial charge in [-0.2, -0.15) is 0 Å². The third-order valence-electron chi connectivity index (χ3n) is 3.73. The molecule has 1 N–H and O–H groups in total. The maximum atomic E-state index is 9.24. The normalized spacial score (nSPS) is 14.3. The van der Waals surface area contributed by atoms with E-state index in [0.29, 0.717) is 0 Å². The molecule has 2 aromatic carbocycles. The first-order valence-electron chi connectivity index (χ1n) is 7.28. The molecule has 0 saturated heterocycles. The van der Waals surface area contributed by atoms with Crippen LogP contribution in [-0.4, -0.2) is 11.7 Å². The summed E-state index contributed by atoms with van der Waals surface area (Å²) in [5.41, 5.74) is 4.68. The summed E-state index contributed by atoms with van der Waals surface area (Å²) in [6.45, 7) is 0.153. The molecule has 0 amide bonds. The van der Waals surface area contributed by atoms with Crippen LogP contribution in [0.3, 0.4) is 0 Å². The van der Waals surface area contributed by atoms with Crippen molar-refractivity contribution in [1.29, 1.82) is 0 Å². The molecular formula is C19H19NO. The molecule has 1 aliphatic rings. The zero-order chi connectivity index (χ0) is 14.5. The molecule has 106 valence electrons. The second-order valence-corrected chi connectivity index (χ2v) is 5.15. The first-order chi connectivity index (χ1) is 10.4. The van der Waals surface area contributed by atoms with Gasteiger partial charge >= 0.3 is 0 Å². The average Bonchev–Trinajstić information content (AvgIpc) is 2.58. The van der Waals surface area contributed by atoms with Crippen molar-refractivity contribution in [3.8, 4) is 0 Å². The maximum absolute atomic E-state index is 9.24. The van der Waals surface area contributed by atoms with E-state index >= 15 is 0 Å². The lowest BCUT2D eigenvalue weighted by atomic mass is 10.0. The van der Waals surface area contributed by atoms with Crippen LogP contribution in [0.2, 0.25) is 0 Å². The first-order valence-corrected chi connectivity index (χ1v) is 7.28. The van der Waals surface area contributed by atoms with Gasteiger partial charge in [0, 0.05) is 17.1 Å². The summed E-state index contributed by atoms with van der Waals surface area (Å²) in [6, 6.07) is 20.8. The summed E-state index contributed by atoms with van der Waals surface area (Å²) in [7, 11) is 0. The smallest absolute Gasteiger partial charge is 0.0644 e. The molecule has 0 saturated carbocycles. The number of para-hydroxylation sites is 2. The number of benzene rings is 2. The fraction of sp³-hybridized carbons (Fsp3) is 0.158. The second kappa shape index (κ2) is 6.42. The summed E-state index contributed by atoms with van der Waals surface area (Å²) in [5, 5.41) is 9.24. The average molecular weight is 277 g/mol. The Morgan fingerprint density at radius 3 is 1.76 bits per heavy atom. The molecule has 0 heterocycles. The number of nitrogens with zero attached hydrogens (tertiary/aromatic N) is 1. The Kier molecular flexibility index (Phi) is 4.17. The largest absolute Gasteiger partial charge is 0.392 e. The highest BCUT2D eigenvalue weighted by atomic mass is 16.3. The molecule has 0 unspecified atom stereocenters. The first kappa shape index (κ1) is 13.7. The lowest BCUT2D eigenvalue weighted by Gasteiger charge is -2.29. The van der Waals surface area contributed by atoms with Crippen molar-refractivity contribution in [2.45, 2.75) is 12.8 Å². The van der Waals surface area contributed by atoms with Gasteiger partial charge in [-0.1, -0.05) is 42.5 Å². The summed E-state index contributed by atoms with van der Waals surface area (Å²) in [4.78, 5) is 2.28. The van der Waals surface area contributed by atoms with E-state index in [4.69, 9.17) is 0 Å². The molecule has 0 aromatic heterocycles. The van der Waals surface area contributed by atoms with Crippen molar-refractivity contribution in [2.75, 3.05) is 11.5 Å². The maximum Gasteiger partial charge on any atom is 0.0644 e. The van der Waals surface area contributed by atoms with E-state index in [1.54, 1.807) is 0 Å². The highest BCUT2D eigenvalue weighted by Crippen LogP contribution is 2.33. The number of aliphatic hydroxyl groups is 1. The van der Waals surface area contributed by atoms with Crippen molar-refractivity contribution in [2.24, 2.45) is 0 Å².